The molecule has 0 fully saturated rings. The Kier molecular flexibility index (Phi) is 5.12. The Morgan fingerprint density at radius 3 is 2.96 bits per heavy atom. The molecule has 0 spiro atoms. The minimum Gasteiger partial charge on any atom is -0.502 e. The number of carbonyl (C=O) groups excluding carboxylic acids is 1. The molecule has 0 saturated heterocycles. The number of benzene rings is 2. The van der Waals surface area contributed by atoms with Crippen LogP contribution in [0.15, 0.2) is 47.6 Å². The molecule has 1 amide bonds. The van der Waals surface area contributed by atoms with Gasteiger partial charge in [-0.2, -0.15) is 5.10 Å². The first kappa shape index (κ1) is 17.4. The zero-order chi connectivity index (χ0) is 18.5. The van der Waals surface area contributed by atoms with Gasteiger partial charge in [-0.15, -0.1) is 0 Å². The fraction of sp³-hybridized carbons (Fsp3) is 0.222. The molecule has 2 aromatic rings. The second kappa shape index (κ2) is 7.64. The van der Waals surface area contributed by atoms with E-state index in [0.29, 0.717) is 5.56 Å². The van der Waals surface area contributed by atoms with E-state index in [1.807, 2.05) is 23.1 Å². The summed E-state index contributed by atoms with van der Waals surface area (Å²) in [6.07, 6.45) is 3.30. The summed E-state index contributed by atoms with van der Waals surface area (Å²) in [4.78, 5) is 24.3. The molecule has 8 nitrogen and oxygen atoms in total. The molecule has 0 bridgehead atoms. The van der Waals surface area contributed by atoms with Crippen molar-refractivity contribution in [2.24, 2.45) is 5.10 Å². The molecule has 0 unspecified atom stereocenters. The van der Waals surface area contributed by atoms with Crippen molar-refractivity contribution in [3.63, 3.8) is 0 Å². The summed E-state index contributed by atoms with van der Waals surface area (Å²) in [5, 5.41) is 24.1. The van der Waals surface area contributed by atoms with Crippen LogP contribution in [-0.2, 0) is 11.2 Å². The second-order valence-corrected chi connectivity index (χ2v) is 5.95. The maximum absolute atomic E-state index is 12.1. The Labute approximate surface area is 149 Å². The number of phenolic OH excluding ortho intramolecular Hbond substituents is 1. The Bertz CT molecular complexity index is 866. The van der Waals surface area contributed by atoms with Crippen LogP contribution in [-0.4, -0.2) is 35.2 Å². The van der Waals surface area contributed by atoms with Gasteiger partial charge < -0.3 is 10.0 Å². The van der Waals surface area contributed by atoms with E-state index >= 15 is 0 Å². The number of aryl methyl sites for hydroxylation is 1. The predicted octanol–water partition coefficient (Wildman–Crippen LogP) is 2.20. The highest BCUT2D eigenvalue weighted by Crippen LogP contribution is 2.26. The Hall–Kier alpha value is -3.42. The van der Waals surface area contributed by atoms with E-state index in [0.717, 1.165) is 25.1 Å². The predicted molar refractivity (Wildman–Crippen MR) is 97.5 cm³/mol. The summed E-state index contributed by atoms with van der Waals surface area (Å²) in [7, 11) is 0. The van der Waals surface area contributed by atoms with E-state index < -0.39 is 16.4 Å². The number of hydrazone groups is 1. The first-order valence-electron chi connectivity index (χ1n) is 8.17. The maximum Gasteiger partial charge on any atom is 0.311 e. The normalized spacial score (nSPS) is 13.5. The number of nitrogens with one attached hydrogen (secondary N) is 1. The molecule has 0 aliphatic carbocycles. The molecule has 2 aromatic carbocycles. The lowest BCUT2D eigenvalue weighted by Crippen LogP contribution is -2.38. The molecule has 0 atom stereocenters. The van der Waals surface area contributed by atoms with E-state index in [2.05, 4.69) is 16.6 Å². The quantitative estimate of drug-likeness (QED) is 0.486. The van der Waals surface area contributed by atoms with Crippen molar-refractivity contribution in [2.75, 3.05) is 18.0 Å². The second-order valence-electron chi connectivity index (χ2n) is 5.95. The maximum atomic E-state index is 12.1. The largest absolute Gasteiger partial charge is 0.502 e. The van der Waals surface area contributed by atoms with Gasteiger partial charge in [0.05, 0.1) is 17.7 Å². The number of fused-ring (bicyclic) bond motifs is 1. The van der Waals surface area contributed by atoms with Gasteiger partial charge in [-0.05, 0) is 36.6 Å². The number of hydrogen-bond donors (Lipinski definition) is 2. The molecule has 26 heavy (non-hydrogen) atoms. The Balaban J connectivity index is 1.61. The standard InChI is InChI=1S/C18H18N4O4/c23-17-8-7-13(10-16(17)22(25)26)11-19-20-18(24)12-21-9-3-5-14-4-1-2-6-15(14)21/h1-2,4,6-8,10-11,23H,3,5,9,12H2,(H,20,24)/b19-11+. The van der Waals surface area contributed by atoms with Crippen molar-refractivity contribution in [1.29, 1.82) is 0 Å². The molecular weight excluding hydrogens is 336 g/mol. The van der Waals surface area contributed by atoms with E-state index in [1.165, 1.54) is 30.0 Å². The number of nitrogens with zero attached hydrogens (tertiary/aromatic N) is 3. The zero-order valence-electron chi connectivity index (χ0n) is 14.0. The molecule has 1 aliphatic rings. The number of phenols is 1. The number of aromatic hydroxyl groups is 1. The Morgan fingerprint density at radius 2 is 2.15 bits per heavy atom. The van der Waals surface area contributed by atoms with Crippen LogP contribution in [0.4, 0.5) is 11.4 Å². The fourth-order valence-corrected chi connectivity index (χ4v) is 2.93. The van der Waals surface area contributed by atoms with Crippen LogP contribution in [0.25, 0.3) is 0 Å². The van der Waals surface area contributed by atoms with Gasteiger partial charge in [0.15, 0.2) is 5.75 Å². The molecule has 134 valence electrons. The number of carbonyl (C=O) groups is 1. The highest BCUT2D eigenvalue weighted by atomic mass is 16.6. The van der Waals surface area contributed by atoms with Crippen molar-refractivity contribution in [3.05, 3.63) is 63.7 Å². The van der Waals surface area contributed by atoms with Crippen LogP contribution >= 0.6 is 0 Å². The first-order valence-corrected chi connectivity index (χ1v) is 8.17. The summed E-state index contributed by atoms with van der Waals surface area (Å²) in [5.41, 5.74) is 4.71. The SMILES string of the molecule is O=C(CN1CCCc2ccccc21)N/N=C/c1ccc(O)c([N+](=O)[O-])c1. The molecule has 0 saturated carbocycles. The lowest BCUT2D eigenvalue weighted by molar-refractivity contribution is -0.385. The third kappa shape index (κ3) is 3.97. The number of anilines is 1. The van der Waals surface area contributed by atoms with Gasteiger partial charge in [-0.25, -0.2) is 5.43 Å². The number of amides is 1. The van der Waals surface area contributed by atoms with E-state index in [-0.39, 0.29) is 12.5 Å². The van der Waals surface area contributed by atoms with Gasteiger partial charge >= 0.3 is 5.69 Å². The third-order valence-corrected chi connectivity index (χ3v) is 4.14. The molecule has 1 heterocycles. The number of nitro groups is 1. The monoisotopic (exact) mass is 354 g/mol. The molecular formula is C18H18N4O4. The number of nitro benzene ring substituents is 1. The molecule has 0 aromatic heterocycles. The fourth-order valence-electron chi connectivity index (χ4n) is 2.93. The molecule has 8 heteroatoms. The summed E-state index contributed by atoms with van der Waals surface area (Å²) in [6.45, 7) is 0.988. The summed E-state index contributed by atoms with van der Waals surface area (Å²) in [5.74, 6) is -0.689. The van der Waals surface area contributed by atoms with Crippen LogP contribution in [0.2, 0.25) is 0 Å². The highest BCUT2D eigenvalue weighted by molar-refractivity contribution is 5.85. The molecule has 0 radical (unpaired) electrons. The minimum atomic E-state index is -0.681. The summed E-state index contributed by atoms with van der Waals surface area (Å²) in [6, 6.07) is 11.9. The van der Waals surface area contributed by atoms with Crippen molar-refractivity contribution in [3.8, 4) is 5.75 Å². The minimum absolute atomic E-state index is 0.185. The van der Waals surface area contributed by atoms with Gasteiger partial charge in [0.2, 0.25) is 0 Å². The van der Waals surface area contributed by atoms with Gasteiger partial charge in [-0.1, -0.05) is 18.2 Å². The van der Waals surface area contributed by atoms with E-state index in [1.54, 1.807) is 0 Å². The van der Waals surface area contributed by atoms with Gasteiger partial charge in [0.1, 0.15) is 0 Å². The van der Waals surface area contributed by atoms with Gasteiger partial charge in [0, 0.05) is 23.9 Å². The molecule has 2 N–H and O–H groups in total. The number of hydrogen-bond acceptors (Lipinski definition) is 6. The van der Waals surface area contributed by atoms with Crippen LogP contribution in [0.5, 0.6) is 5.75 Å². The smallest absolute Gasteiger partial charge is 0.311 e. The average molecular weight is 354 g/mol. The average Bonchev–Trinajstić information content (AvgIpc) is 2.63. The van der Waals surface area contributed by atoms with E-state index in [9.17, 15) is 20.0 Å². The number of rotatable bonds is 5. The lowest BCUT2D eigenvalue weighted by Gasteiger charge is -2.30. The van der Waals surface area contributed by atoms with Crippen molar-refractivity contribution in [2.45, 2.75) is 12.8 Å². The van der Waals surface area contributed by atoms with Crippen LogP contribution in [0.3, 0.4) is 0 Å². The first-order chi connectivity index (χ1) is 12.5. The van der Waals surface area contributed by atoms with Crippen LogP contribution < -0.4 is 10.3 Å². The van der Waals surface area contributed by atoms with Crippen molar-refractivity contribution >= 4 is 23.5 Å². The lowest BCUT2D eigenvalue weighted by atomic mass is 10.0. The zero-order valence-corrected chi connectivity index (χ0v) is 14.0. The topological polar surface area (TPSA) is 108 Å². The van der Waals surface area contributed by atoms with Gasteiger partial charge in [-0.3, -0.25) is 14.9 Å². The van der Waals surface area contributed by atoms with E-state index in [4.69, 9.17) is 0 Å². The Morgan fingerprint density at radius 1 is 1.35 bits per heavy atom. The van der Waals surface area contributed by atoms with Crippen LogP contribution in [0.1, 0.15) is 17.5 Å². The molecule has 3 rings (SSSR count). The van der Waals surface area contributed by atoms with Crippen LogP contribution in [0, 0.1) is 10.1 Å². The van der Waals surface area contributed by atoms with Crippen molar-refractivity contribution < 1.29 is 14.8 Å². The van der Waals surface area contributed by atoms with Crippen molar-refractivity contribution in [1.82, 2.24) is 5.43 Å². The van der Waals surface area contributed by atoms with Gasteiger partial charge in [0.25, 0.3) is 5.91 Å². The highest BCUT2D eigenvalue weighted by Gasteiger charge is 2.18. The third-order valence-electron chi connectivity index (χ3n) is 4.14. The molecule has 1 aliphatic heterocycles. The summed E-state index contributed by atoms with van der Waals surface area (Å²) >= 11 is 0. The summed E-state index contributed by atoms with van der Waals surface area (Å²) < 4.78 is 0. The number of para-hydroxylation sites is 1.